The van der Waals surface area contributed by atoms with E-state index in [0.717, 1.165) is 26.3 Å². The number of nitrogens with zero attached hydrogens (tertiary/aromatic N) is 1. The van der Waals surface area contributed by atoms with E-state index >= 15 is 0 Å². The molecule has 0 radical (unpaired) electrons. The van der Waals surface area contributed by atoms with Gasteiger partial charge in [-0.15, -0.1) is 11.3 Å². The maximum atomic E-state index is 12.1. The highest BCUT2D eigenvalue weighted by Gasteiger charge is 2.23. The molecule has 0 unspecified atom stereocenters. The summed E-state index contributed by atoms with van der Waals surface area (Å²) in [5.41, 5.74) is 0. The molecule has 1 aliphatic heterocycles. The zero-order valence-corrected chi connectivity index (χ0v) is 15.5. The minimum Gasteiger partial charge on any atom is -0.450 e. The monoisotopic (exact) mass is 410 g/mol. The van der Waals surface area contributed by atoms with Gasteiger partial charge < -0.3 is 14.5 Å². The van der Waals surface area contributed by atoms with Gasteiger partial charge in [-0.2, -0.15) is 0 Å². The Morgan fingerprint density at radius 3 is 2.88 bits per heavy atom. The molecule has 2 aromatic rings. The first kappa shape index (κ1) is 17.4. The highest BCUT2D eigenvalue weighted by molar-refractivity contribution is 9.10. The van der Waals surface area contributed by atoms with E-state index in [1.165, 1.54) is 11.0 Å². The number of rotatable bonds is 6. The third-order valence-electron chi connectivity index (χ3n) is 3.82. The summed E-state index contributed by atoms with van der Waals surface area (Å²) in [7, 11) is 0. The molecule has 1 aliphatic rings. The summed E-state index contributed by atoms with van der Waals surface area (Å²) in [6.45, 7) is 3.82. The molecule has 0 aliphatic carbocycles. The van der Waals surface area contributed by atoms with E-state index in [2.05, 4.69) is 37.6 Å². The number of furan rings is 1. The van der Waals surface area contributed by atoms with Gasteiger partial charge in [0.25, 0.3) is 0 Å². The molecular formula is C17H19BrN2O3S. The lowest BCUT2D eigenvalue weighted by atomic mass is 10.2. The lowest BCUT2D eigenvalue weighted by molar-refractivity contribution is -0.116. The predicted molar refractivity (Wildman–Crippen MR) is 97.9 cm³/mol. The van der Waals surface area contributed by atoms with E-state index in [-0.39, 0.29) is 11.9 Å². The Kier molecular flexibility index (Phi) is 6.25. The zero-order chi connectivity index (χ0) is 16.8. The van der Waals surface area contributed by atoms with Crippen LogP contribution in [-0.4, -0.2) is 43.7 Å². The average molecular weight is 411 g/mol. The minimum absolute atomic E-state index is 0.127. The zero-order valence-electron chi connectivity index (χ0n) is 13.1. The van der Waals surface area contributed by atoms with Crippen LogP contribution in [0.15, 0.2) is 44.8 Å². The lowest BCUT2D eigenvalue weighted by Crippen LogP contribution is -2.43. The molecule has 1 fully saturated rings. The van der Waals surface area contributed by atoms with Crippen molar-refractivity contribution in [2.45, 2.75) is 6.04 Å². The van der Waals surface area contributed by atoms with Gasteiger partial charge in [-0.3, -0.25) is 9.69 Å². The minimum atomic E-state index is -0.127. The van der Waals surface area contributed by atoms with E-state index in [0.29, 0.717) is 17.0 Å². The first-order chi connectivity index (χ1) is 11.7. The number of morpholine rings is 1. The van der Waals surface area contributed by atoms with Gasteiger partial charge in [0, 0.05) is 30.6 Å². The van der Waals surface area contributed by atoms with Crippen molar-refractivity contribution in [1.82, 2.24) is 10.2 Å². The quantitative estimate of drug-likeness (QED) is 0.742. The summed E-state index contributed by atoms with van der Waals surface area (Å²) in [5.74, 6) is 0.511. The number of carbonyl (C=O) groups is 1. The van der Waals surface area contributed by atoms with Gasteiger partial charge in [0.2, 0.25) is 5.91 Å². The molecule has 7 heteroatoms. The van der Waals surface area contributed by atoms with Crippen LogP contribution in [0.3, 0.4) is 0 Å². The standard InChI is InChI=1S/C17H19BrN2O3S/c18-16-5-3-13(23-16)4-6-17(21)19-12-14(15-2-1-11-24-15)20-7-9-22-10-8-20/h1-6,11,14H,7-10,12H2,(H,19,21)/b6-4+/t14-/m0/s1. The maximum Gasteiger partial charge on any atom is 0.244 e. The molecule has 1 saturated heterocycles. The smallest absolute Gasteiger partial charge is 0.244 e. The SMILES string of the molecule is O=C(/C=C/c1ccc(Br)o1)NC[C@@H](c1cccs1)N1CCOCC1. The number of carbonyl (C=O) groups excluding carboxylic acids is 1. The summed E-state index contributed by atoms with van der Waals surface area (Å²) in [6, 6.07) is 7.94. The molecule has 2 aromatic heterocycles. The number of nitrogens with one attached hydrogen (secondary N) is 1. The fourth-order valence-electron chi connectivity index (χ4n) is 2.61. The highest BCUT2D eigenvalue weighted by atomic mass is 79.9. The maximum absolute atomic E-state index is 12.1. The van der Waals surface area contributed by atoms with Crippen LogP contribution in [-0.2, 0) is 9.53 Å². The van der Waals surface area contributed by atoms with Gasteiger partial charge in [0.15, 0.2) is 4.67 Å². The van der Waals surface area contributed by atoms with Gasteiger partial charge in [-0.25, -0.2) is 0 Å². The fraction of sp³-hybridized carbons (Fsp3) is 0.353. The molecule has 1 amide bonds. The molecular weight excluding hydrogens is 392 g/mol. The number of thiophene rings is 1. The van der Waals surface area contributed by atoms with Gasteiger partial charge in [-0.05, 0) is 45.6 Å². The molecule has 0 aromatic carbocycles. The molecule has 5 nitrogen and oxygen atoms in total. The van der Waals surface area contributed by atoms with Crippen molar-refractivity contribution in [2.75, 3.05) is 32.8 Å². The van der Waals surface area contributed by atoms with Crippen LogP contribution in [0.5, 0.6) is 0 Å². The van der Waals surface area contributed by atoms with Gasteiger partial charge in [0.1, 0.15) is 5.76 Å². The average Bonchev–Trinajstić information content (AvgIpc) is 3.26. The second-order valence-electron chi connectivity index (χ2n) is 5.40. The van der Waals surface area contributed by atoms with Crippen molar-refractivity contribution in [3.63, 3.8) is 0 Å². The predicted octanol–water partition coefficient (Wildman–Crippen LogP) is 3.31. The van der Waals surface area contributed by atoms with E-state index in [1.807, 2.05) is 6.07 Å². The van der Waals surface area contributed by atoms with E-state index in [9.17, 15) is 4.79 Å². The molecule has 0 bridgehead atoms. The first-order valence-electron chi connectivity index (χ1n) is 7.79. The van der Waals surface area contributed by atoms with Gasteiger partial charge >= 0.3 is 0 Å². The van der Waals surface area contributed by atoms with Gasteiger partial charge in [-0.1, -0.05) is 6.07 Å². The summed E-state index contributed by atoms with van der Waals surface area (Å²) in [5, 5.41) is 5.06. The van der Waals surface area contributed by atoms with Crippen molar-refractivity contribution < 1.29 is 13.9 Å². The molecule has 3 rings (SSSR count). The normalized spacial score (nSPS) is 17.2. The number of hydrogen-bond acceptors (Lipinski definition) is 5. The largest absolute Gasteiger partial charge is 0.450 e. The van der Waals surface area contributed by atoms with Crippen LogP contribution in [0.25, 0.3) is 6.08 Å². The molecule has 1 atom stereocenters. The third-order valence-corrected chi connectivity index (χ3v) is 5.22. The van der Waals surface area contributed by atoms with Crippen molar-refractivity contribution in [3.8, 4) is 0 Å². The van der Waals surface area contributed by atoms with Gasteiger partial charge in [0.05, 0.1) is 19.3 Å². The van der Waals surface area contributed by atoms with Crippen molar-refractivity contribution >= 4 is 39.2 Å². The number of hydrogen-bond donors (Lipinski definition) is 1. The first-order valence-corrected chi connectivity index (χ1v) is 9.46. The molecule has 0 spiro atoms. The van der Waals surface area contributed by atoms with Crippen molar-refractivity contribution in [3.05, 3.63) is 51.0 Å². The Morgan fingerprint density at radius 1 is 1.38 bits per heavy atom. The van der Waals surface area contributed by atoms with Crippen LogP contribution < -0.4 is 5.32 Å². The second kappa shape index (κ2) is 8.62. The molecule has 0 saturated carbocycles. The van der Waals surface area contributed by atoms with Crippen molar-refractivity contribution in [2.24, 2.45) is 0 Å². The third kappa shape index (κ3) is 4.80. The van der Waals surface area contributed by atoms with E-state index < -0.39 is 0 Å². The Morgan fingerprint density at radius 2 is 2.21 bits per heavy atom. The number of ether oxygens (including phenoxy) is 1. The second-order valence-corrected chi connectivity index (χ2v) is 7.16. The summed E-state index contributed by atoms with van der Waals surface area (Å²) < 4.78 is 11.4. The van der Waals surface area contributed by atoms with Crippen LogP contribution >= 0.6 is 27.3 Å². The van der Waals surface area contributed by atoms with Crippen LogP contribution in [0.2, 0.25) is 0 Å². The Bertz CT molecular complexity index is 678. The Hall–Kier alpha value is -1.41. The Balaban J connectivity index is 1.58. The lowest BCUT2D eigenvalue weighted by Gasteiger charge is -2.34. The summed E-state index contributed by atoms with van der Waals surface area (Å²) in [4.78, 5) is 15.7. The van der Waals surface area contributed by atoms with Crippen LogP contribution in [0, 0.1) is 0 Å². The van der Waals surface area contributed by atoms with Crippen molar-refractivity contribution in [1.29, 1.82) is 0 Å². The topological polar surface area (TPSA) is 54.7 Å². The molecule has 24 heavy (non-hydrogen) atoms. The molecule has 1 N–H and O–H groups in total. The van der Waals surface area contributed by atoms with E-state index in [1.54, 1.807) is 29.5 Å². The number of amides is 1. The Labute approximate surface area is 153 Å². The number of halogens is 1. The van der Waals surface area contributed by atoms with E-state index in [4.69, 9.17) is 9.15 Å². The molecule has 128 valence electrons. The van der Waals surface area contributed by atoms with Crippen LogP contribution in [0.4, 0.5) is 0 Å². The highest BCUT2D eigenvalue weighted by Crippen LogP contribution is 2.25. The fourth-order valence-corrected chi connectivity index (χ4v) is 3.79. The molecule has 3 heterocycles. The summed E-state index contributed by atoms with van der Waals surface area (Å²) >= 11 is 4.96. The summed E-state index contributed by atoms with van der Waals surface area (Å²) in [6.07, 6.45) is 3.16. The van der Waals surface area contributed by atoms with Crippen LogP contribution in [0.1, 0.15) is 16.7 Å².